The van der Waals surface area contributed by atoms with Crippen molar-refractivity contribution in [2.24, 2.45) is 0 Å². The van der Waals surface area contributed by atoms with Crippen LogP contribution in [0.1, 0.15) is 19.4 Å². The van der Waals surface area contributed by atoms with Gasteiger partial charge in [0.05, 0.1) is 10.2 Å². The van der Waals surface area contributed by atoms with E-state index in [0.717, 1.165) is 0 Å². The van der Waals surface area contributed by atoms with Gasteiger partial charge in [-0.25, -0.2) is 0 Å². The fourth-order valence-electron chi connectivity index (χ4n) is 0.812. The fourth-order valence-corrected chi connectivity index (χ4v) is 1.38. The first-order chi connectivity index (χ1) is 7.43. The van der Waals surface area contributed by atoms with Crippen LogP contribution in [0.15, 0.2) is 4.47 Å². The summed E-state index contributed by atoms with van der Waals surface area (Å²) in [6, 6.07) is 0. The van der Waals surface area contributed by atoms with Crippen LogP contribution < -0.4 is 10.5 Å². The molecule has 0 amide bonds. The van der Waals surface area contributed by atoms with Crippen LogP contribution in [0, 0.1) is 6.92 Å². The summed E-state index contributed by atoms with van der Waals surface area (Å²) in [6.07, 6.45) is 0. The molecule has 0 bridgehead atoms. The Kier molecular flexibility index (Phi) is 6.59. The van der Waals surface area contributed by atoms with Crippen molar-refractivity contribution in [3.63, 3.8) is 0 Å². The molecule has 0 saturated heterocycles. The first kappa shape index (κ1) is 15.4. The van der Waals surface area contributed by atoms with E-state index in [1.54, 1.807) is 0 Å². The molecule has 1 aromatic rings. The Bertz CT molecular complexity index is 364. The number of hydrogen-bond acceptors (Lipinski definition) is 3. The third-order valence-electron chi connectivity index (χ3n) is 1.54. The SMILES string of the molecule is CC.Cc1c(OC(F)F)nc(Cl)c(Br)c1N. The van der Waals surface area contributed by atoms with Crippen LogP contribution in [0.5, 0.6) is 5.88 Å². The number of anilines is 1. The van der Waals surface area contributed by atoms with E-state index >= 15 is 0 Å². The van der Waals surface area contributed by atoms with E-state index in [1.807, 2.05) is 13.8 Å². The molecule has 0 spiro atoms. The minimum atomic E-state index is -2.95. The van der Waals surface area contributed by atoms with E-state index in [-0.39, 0.29) is 16.7 Å². The number of alkyl halides is 2. The Labute approximate surface area is 106 Å². The maximum absolute atomic E-state index is 11.9. The zero-order valence-electron chi connectivity index (χ0n) is 9.02. The Balaban J connectivity index is 0.00000106. The van der Waals surface area contributed by atoms with Gasteiger partial charge in [0.2, 0.25) is 5.88 Å². The third-order valence-corrected chi connectivity index (χ3v) is 2.85. The molecule has 2 N–H and O–H groups in total. The third kappa shape index (κ3) is 3.75. The predicted octanol–water partition coefficient (Wildman–Crippen LogP) is 4.02. The van der Waals surface area contributed by atoms with E-state index in [2.05, 4.69) is 25.7 Å². The molecule has 0 aliphatic carbocycles. The summed E-state index contributed by atoms with van der Waals surface area (Å²) in [4.78, 5) is 3.61. The molecule has 0 fully saturated rings. The molecule has 1 aromatic heterocycles. The van der Waals surface area contributed by atoms with Gasteiger partial charge >= 0.3 is 6.61 Å². The standard InChI is InChI=1S/C7H6BrClF2N2O.C2H6/c1-2-4(12)3(8)5(9)13-6(2)14-7(10)11;1-2/h7H,1H3,(H2,12,13);1-2H3. The lowest BCUT2D eigenvalue weighted by molar-refractivity contribution is -0.0532. The van der Waals surface area contributed by atoms with Crippen LogP contribution in [-0.4, -0.2) is 11.6 Å². The Morgan fingerprint density at radius 3 is 2.38 bits per heavy atom. The monoisotopic (exact) mass is 316 g/mol. The summed E-state index contributed by atoms with van der Waals surface area (Å²) < 4.78 is 28.3. The quantitative estimate of drug-likeness (QED) is 0.838. The predicted molar refractivity (Wildman–Crippen MR) is 64.1 cm³/mol. The molecule has 0 saturated carbocycles. The lowest BCUT2D eigenvalue weighted by atomic mass is 10.2. The van der Waals surface area contributed by atoms with Crippen molar-refractivity contribution in [2.75, 3.05) is 5.73 Å². The summed E-state index contributed by atoms with van der Waals surface area (Å²) in [7, 11) is 0. The van der Waals surface area contributed by atoms with Gasteiger partial charge in [-0.15, -0.1) is 0 Å². The summed E-state index contributed by atoms with van der Waals surface area (Å²) in [6.45, 7) is 2.57. The molecule has 0 aromatic carbocycles. The lowest BCUT2D eigenvalue weighted by Gasteiger charge is -2.10. The number of aromatic nitrogens is 1. The van der Waals surface area contributed by atoms with E-state index < -0.39 is 6.61 Å². The Hall–Kier alpha value is -0.620. The molecular weight excluding hydrogens is 305 g/mol. The van der Waals surface area contributed by atoms with E-state index in [9.17, 15) is 8.78 Å². The normalized spacial score (nSPS) is 9.75. The number of rotatable bonds is 2. The van der Waals surface area contributed by atoms with E-state index in [0.29, 0.717) is 10.0 Å². The van der Waals surface area contributed by atoms with Crippen LogP contribution in [0.3, 0.4) is 0 Å². The van der Waals surface area contributed by atoms with Crippen molar-refractivity contribution < 1.29 is 13.5 Å². The number of hydrogen-bond donors (Lipinski definition) is 1. The molecule has 0 unspecified atom stereocenters. The van der Waals surface area contributed by atoms with Gasteiger partial charge < -0.3 is 10.5 Å². The molecule has 16 heavy (non-hydrogen) atoms. The smallest absolute Gasteiger partial charge is 0.388 e. The van der Waals surface area contributed by atoms with E-state index in [1.165, 1.54) is 6.92 Å². The van der Waals surface area contributed by atoms with Crippen molar-refractivity contribution in [1.82, 2.24) is 4.98 Å². The summed E-state index contributed by atoms with van der Waals surface area (Å²) >= 11 is 8.68. The molecular formula is C9H12BrClF2N2O. The number of nitrogens with two attached hydrogens (primary N) is 1. The minimum Gasteiger partial charge on any atom is -0.417 e. The highest BCUT2D eigenvalue weighted by atomic mass is 79.9. The summed E-state index contributed by atoms with van der Waals surface area (Å²) in [5.74, 6) is -0.259. The van der Waals surface area contributed by atoms with Gasteiger partial charge in [-0.2, -0.15) is 13.8 Å². The highest BCUT2D eigenvalue weighted by Gasteiger charge is 2.15. The van der Waals surface area contributed by atoms with Crippen molar-refractivity contribution in [2.45, 2.75) is 27.4 Å². The number of nitrogen functional groups attached to an aromatic ring is 1. The zero-order valence-corrected chi connectivity index (χ0v) is 11.4. The van der Waals surface area contributed by atoms with E-state index in [4.69, 9.17) is 17.3 Å². The Morgan fingerprint density at radius 2 is 1.94 bits per heavy atom. The van der Waals surface area contributed by atoms with Gasteiger partial charge in [0.25, 0.3) is 0 Å². The van der Waals surface area contributed by atoms with Crippen LogP contribution in [0.2, 0.25) is 5.15 Å². The summed E-state index contributed by atoms with van der Waals surface area (Å²) in [5, 5.41) is -0.0104. The Morgan fingerprint density at radius 1 is 1.44 bits per heavy atom. The molecule has 1 rings (SSSR count). The molecule has 3 nitrogen and oxygen atoms in total. The van der Waals surface area contributed by atoms with Gasteiger partial charge in [-0.1, -0.05) is 25.4 Å². The van der Waals surface area contributed by atoms with Gasteiger partial charge in [-0.05, 0) is 22.9 Å². The zero-order chi connectivity index (χ0) is 12.9. The van der Waals surface area contributed by atoms with Crippen LogP contribution >= 0.6 is 27.5 Å². The fraction of sp³-hybridized carbons (Fsp3) is 0.444. The average Bonchev–Trinajstić information content (AvgIpc) is 2.25. The van der Waals surface area contributed by atoms with Crippen LogP contribution in [-0.2, 0) is 0 Å². The average molecular weight is 318 g/mol. The maximum Gasteiger partial charge on any atom is 0.388 e. The first-order valence-electron chi connectivity index (χ1n) is 4.49. The number of halogens is 4. The van der Waals surface area contributed by atoms with Gasteiger partial charge in [0, 0.05) is 5.56 Å². The maximum atomic E-state index is 11.9. The molecule has 0 aliphatic heterocycles. The molecule has 7 heteroatoms. The molecule has 0 radical (unpaired) electrons. The molecule has 92 valence electrons. The van der Waals surface area contributed by atoms with Crippen molar-refractivity contribution >= 4 is 33.2 Å². The highest BCUT2D eigenvalue weighted by molar-refractivity contribution is 9.10. The van der Waals surface area contributed by atoms with Gasteiger partial charge in [0.1, 0.15) is 5.15 Å². The van der Waals surface area contributed by atoms with Crippen molar-refractivity contribution in [3.05, 3.63) is 15.2 Å². The highest BCUT2D eigenvalue weighted by Crippen LogP contribution is 2.34. The van der Waals surface area contributed by atoms with Gasteiger partial charge in [-0.3, -0.25) is 0 Å². The second kappa shape index (κ2) is 6.85. The molecule has 0 atom stereocenters. The second-order valence-electron chi connectivity index (χ2n) is 2.44. The van der Waals surface area contributed by atoms with Gasteiger partial charge in [0.15, 0.2) is 0 Å². The van der Waals surface area contributed by atoms with Crippen LogP contribution in [0.25, 0.3) is 0 Å². The first-order valence-corrected chi connectivity index (χ1v) is 5.66. The summed E-state index contributed by atoms with van der Waals surface area (Å²) in [5.41, 5.74) is 6.12. The topological polar surface area (TPSA) is 48.1 Å². The molecule has 1 heterocycles. The largest absolute Gasteiger partial charge is 0.417 e. The van der Waals surface area contributed by atoms with Crippen molar-refractivity contribution in [1.29, 1.82) is 0 Å². The molecule has 0 aliphatic rings. The second-order valence-corrected chi connectivity index (χ2v) is 3.59. The number of nitrogens with zero attached hydrogens (tertiary/aromatic N) is 1. The lowest BCUT2D eigenvalue weighted by Crippen LogP contribution is -2.07. The number of pyridine rings is 1. The van der Waals surface area contributed by atoms with Crippen molar-refractivity contribution in [3.8, 4) is 5.88 Å². The van der Waals surface area contributed by atoms with Crippen LogP contribution in [0.4, 0.5) is 14.5 Å². The minimum absolute atomic E-state index is 0.0104. The number of ether oxygens (including phenoxy) is 1.